The minimum Gasteiger partial charge on any atom is -0.350 e. The van der Waals surface area contributed by atoms with Crippen LogP contribution in [0.5, 0.6) is 0 Å². The van der Waals surface area contributed by atoms with Crippen LogP contribution in [0.1, 0.15) is 31.0 Å². The first kappa shape index (κ1) is 14.0. The molecule has 5 heteroatoms. The molecule has 2 rings (SSSR count). The number of carbonyl (C=O) groups excluding carboxylic acids is 1. The molecule has 0 radical (unpaired) electrons. The average Bonchev–Trinajstić information content (AvgIpc) is 2.44. The molecule has 3 N–H and O–H groups in total. The van der Waals surface area contributed by atoms with E-state index in [1.54, 1.807) is 6.21 Å². The first-order chi connectivity index (χ1) is 9.70. The molecule has 0 unspecified atom stereocenters. The lowest BCUT2D eigenvalue weighted by molar-refractivity contribution is 0.249. The maximum atomic E-state index is 10.6. The van der Waals surface area contributed by atoms with E-state index in [1.165, 1.54) is 0 Å². The fourth-order valence-electron chi connectivity index (χ4n) is 2.02. The number of carbonyl (C=O) groups is 1. The lowest BCUT2D eigenvalue weighted by Crippen LogP contribution is -2.24. The monoisotopic (exact) mass is 270 g/mol. The highest BCUT2D eigenvalue weighted by Crippen LogP contribution is 2.18. The summed E-state index contributed by atoms with van der Waals surface area (Å²) in [6.07, 6.45) is 4.76. The Balaban J connectivity index is 2.38. The van der Waals surface area contributed by atoms with Crippen LogP contribution < -0.4 is 11.2 Å². The number of hydrogen-bond acceptors (Lipinski definition) is 3. The first-order valence-electron chi connectivity index (χ1n) is 6.68. The number of aryl methyl sites for hydroxylation is 1. The van der Waals surface area contributed by atoms with E-state index >= 15 is 0 Å². The fourth-order valence-corrected chi connectivity index (χ4v) is 2.02. The van der Waals surface area contributed by atoms with E-state index in [1.807, 2.05) is 30.3 Å². The predicted molar refractivity (Wildman–Crippen MR) is 80.7 cm³/mol. The summed E-state index contributed by atoms with van der Waals surface area (Å²) in [6, 6.07) is 9.20. The van der Waals surface area contributed by atoms with Crippen molar-refractivity contribution in [1.82, 2.24) is 10.4 Å². The Bertz CT molecular complexity index is 637. The zero-order valence-electron chi connectivity index (χ0n) is 11.5. The first-order valence-corrected chi connectivity index (χ1v) is 6.68. The summed E-state index contributed by atoms with van der Waals surface area (Å²) in [5.41, 5.74) is 10.1. The number of aromatic nitrogens is 1. The van der Waals surface area contributed by atoms with E-state index in [0.29, 0.717) is 0 Å². The van der Waals surface area contributed by atoms with Crippen molar-refractivity contribution in [3.8, 4) is 0 Å². The number of primary amides is 1. The lowest BCUT2D eigenvalue weighted by Gasteiger charge is -2.06. The van der Waals surface area contributed by atoms with Gasteiger partial charge < -0.3 is 5.73 Å². The molecule has 0 fully saturated rings. The summed E-state index contributed by atoms with van der Waals surface area (Å²) >= 11 is 0. The minimum absolute atomic E-state index is 0.675. The number of fused-ring (bicyclic) bond motifs is 1. The van der Waals surface area contributed by atoms with Crippen LogP contribution >= 0.6 is 0 Å². The van der Waals surface area contributed by atoms with Gasteiger partial charge in [-0.15, -0.1) is 0 Å². The highest BCUT2D eigenvalue weighted by atomic mass is 16.2. The van der Waals surface area contributed by atoms with Crippen molar-refractivity contribution in [2.75, 3.05) is 0 Å². The highest BCUT2D eigenvalue weighted by Gasteiger charge is 2.04. The molecule has 0 saturated heterocycles. The molecule has 0 bridgehead atoms. The Morgan fingerprint density at radius 1 is 1.45 bits per heavy atom. The van der Waals surface area contributed by atoms with Crippen LogP contribution in [0.15, 0.2) is 35.4 Å². The maximum Gasteiger partial charge on any atom is 0.332 e. The van der Waals surface area contributed by atoms with Crippen LogP contribution in [0.25, 0.3) is 10.9 Å². The number of nitrogens with one attached hydrogen (secondary N) is 1. The van der Waals surface area contributed by atoms with Crippen LogP contribution in [0.4, 0.5) is 4.79 Å². The summed E-state index contributed by atoms with van der Waals surface area (Å²) in [4.78, 5) is 15.3. The van der Waals surface area contributed by atoms with Gasteiger partial charge in [-0.25, -0.2) is 10.2 Å². The van der Waals surface area contributed by atoms with Crippen molar-refractivity contribution in [2.24, 2.45) is 10.8 Å². The molecular weight excluding hydrogens is 252 g/mol. The van der Waals surface area contributed by atoms with Gasteiger partial charge >= 0.3 is 6.03 Å². The van der Waals surface area contributed by atoms with Crippen molar-refractivity contribution in [1.29, 1.82) is 0 Å². The van der Waals surface area contributed by atoms with Gasteiger partial charge in [-0.2, -0.15) is 5.10 Å². The second-order valence-electron chi connectivity index (χ2n) is 4.56. The number of para-hydroxylation sites is 1. The third-order valence-electron chi connectivity index (χ3n) is 2.97. The third kappa shape index (κ3) is 3.54. The summed E-state index contributed by atoms with van der Waals surface area (Å²) in [5.74, 6) is 0. The van der Waals surface area contributed by atoms with E-state index in [4.69, 9.17) is 5.73 Å². The number of nitrogens with zero attached hydrogens (tertiary/aromatic N) is 2. The SMILES string of the molecule is CCCCc1cc(/C=N\NC(N)=O)c2ccccc2n1. The molecule has 0 atom stereocenters. The molecule has 5 nitrogen and oxygen atoms in total. The summed E-state index contributed by atoms with van der Waals surface area (Å²) < 4.78 is 0. The maximum absolute atomic E-state index is 10.6. The topological polar surface area (TPSA) is 80.4 Å². The van der Waals surface area contributed by atoms with Crippen molar-refractivity contribution in [3.63, 3.8) is 0 Å². The number of amides is 2. The standard InChI is InChI=1S/C15H18N4O/c1-2-3-6-12-9-11(10-17-19-15(16)20)13-7-4-5-8-14(13)18-12/h4-5,7-10H,2-3,6H2,1H3,(H3,16,19,20)/b17-10-. The van der Waals surface area contributed by atoms with E-state index in [2.05, 4.69) is 22.4 Å². The van der Waals surface area contributed by atoms with Gasteiger partial charge in [0.2, 0.25) is 0 Å². The molecule has 0 aliphatic carbocycles. The summed E-state index contributed by atoms with van der Waals surface area (Å²) in [6.45, 7) is 2.15. The predicted octanol–water partition coefficient (Wildman–Crippen LogP) is 2.58. The molecule has 1 heterocycles. The molecule has 1 aromatic carbocycles. The second-order valence-corrected chi connectivity index (χ2v) is 4.56. The number of hydrazone groups is 1. The van der Waals surface area contributed by atoms with Gasteiger partial charge in [-0.05, 0) is 25.0 Å². The van der Waals surface area contributed by atoms with Crippen LogP contribution in [-0.4, -0.2) is 17.2 Å². The Morgan fingerprint density at radius 2 is 2.25 bits per heavy atom. The van der Waals surface area contributed by atoms with Crippen molar-refractivity contribution >= 4 is 23.1 Å². The second kappa shape index (κ2) is 6.65. The van der Waals surface area contributed by atoms with Gasteiger partial charge in [0.15, 0.2) is 0 Å². The Kier molecular flexibility index (Phi) is 4.65. The summed E-state index contributed by atoms with van der Waals surface area (Å²) in [7, 11) is 0. The van der Waals surface area contributed by atoms with Gasteiger partial charge in [0.25, 0.3) is 0 Å². The number of unbranched alkanes of at least 4 members (excludes halogenated alkanes) is 1. The number of urea groups is 1. The smallest absolute Gasteiger partial charge is 0.332 e. The normalized spacial score (nSPS) is 11.1. The van der Waals surface area contributed by atoms with E-state index in [-0.39, 0.29) is 0 Å². The molecule has 0 spiro atoms. The minimum atomic E-state index is -0.675. The highest BCUT2D eigenvalue weighted by molar-refractivity contribution is 5.98. The molecule has 2 amide bonds. The largest absolute Gasteiger partial charge is 0.350 e. The number of rotatable bonds is 5. The Morgan fingerprint density at radius 3 is 3.00 bits per heavy atom. The van der Waals surface area contributed by atoms with Gasteiger partial charge in [0.1, 0.15) is 0 Å². The van der Waals surface area contributed by atoms with Crippen LogP contribution in [-0.2, 0) is 6.42 Å². The molecule has 1 aromatic heterocycles. The number of hydrogen-bond donors (Lipinski definition) is 2. The van der Waals surface area contributed by atoms with Crippen LogP contribution in [0.2, 0.25) is 0 Å². The Hall–Kier alpha value is -2.43. The van der Waals surface area contributed by atoms with E-state index in [9.17, 15) is 4.79 Å². The number of benzene rings is 1. The van der Waals surface area contributed by atoms with Crippen molar-refractivity contribution in [3.05, 3.63) is 41.6 Å². The van der Waals surface area contributed by atoms with E-state index in [0.717, 1.165) is 41.4 Å². The Labute approximate surface area is 117 Å². The van der Waals surface area contributed by atoms with Crippen LogP contribution in [0, 0.1) is 0 Å². The molecule has 0 aliphatic rings. The summed E-state index contributed by atoms with van der Waals surface area (Å²) in [5, 5.41) is 4.84. The van der Waals surface area contributed by atoms with Gasteiger partial charge in [0.05, 0.1) is 11.7 Å². The quantitative estimate of drug-likeness (QED) is 0.646. The van der Waals surface area contributed by atoms with Gasteiger partial charge in [-0.1, -0.05) is 31.5 Å². The van der Waals surface area contributed by atoms with E-state index < -0.39 is 6.03 Å². The van der Waals surface area contributed by atoms with Crippen LogP contribution in [0.3, 0.4) is 0 Å². The number of nitrogens with two attached hydrogens (primary N) is 1. The fraction of sp³-hybridized carbons (Fsp3) is 0.267. The molecule has 0 saturated carbocycles. The molecule has 20 heavy (non-hydrogen) atoms. The number of pyridine rings is 1. The molecular formula is C15H18N4O. The zero-order chi connectivity index (χ0) is 14.4. The van der Waals surface area contributed by atoms with Gasteiger partial charge in [0, 0.05) is 16.6 Å². The van der Waals surface area contributed by atoms with Crippen molar-refractivity contribution < 1.29 is 4.79 Å². The third-order valence-corrected chi connectivity index (χ3v) is 2.97. The van der Waals surface area contributed by atoms with Crippen molar-refractivity contribution in [2.45, 2.75) is 26.2 Å². The lowest BCUT2D eigenvalue weighted by atomic mass is 10.1. The average molecular weight is 270 g/mol. The zero-order valence-corrected chi connectivity index (χ0v) is 11.5. The molecule has 2 aromatic rings. The molecule has 104 valence electrons. The molecule has 0 aliphatic heterocycles. The van der Waals surface area contributed by atoms with Gasteiger partial charge in [-0.3, -0.25) is 4.98 Å².